The van der Waals surface area contributed by atoms with E-state index in [4.69, 9.17) is 0 Å². The van der Waals surface area contributed by atoms with Crippen molar-refractivity contribution in [3.63, 3.8) is 0 Å². The van der Waals surface area contributed by atoms with E-state index in [-0.39, 0.29) is 6.04 Å². The average Bonchev–Trinajstić information content (AvgIpc) is 3.18. The Bertz CT molecular complexity index is 829. The highest BCUT2D eigenvalue weighted by atomic mass is 15.3. The third-order valence-electron chi connectivity index (χ3n) is 4.71. The fraction of sp³-hybridized carbons (Fsp3) is 0.400. The molecule has 5 heteroatoms. The molecular formula is C20H27N5. The van der Waals surface area contributed by atoms with Crippen LogP contribution in [-0.4, -0.2) is 19.3 Å². The van der Waals surface area contributed by atoms with Crippen LogP contribution in [0.1, 0.15) is 55.4 Å². The molecule has 0 aliphatic rings. The zero-order valence-electron chi connectivity index (χ0n) is 15.7. The van der Waals surface area contributed by atoms with Gasteiger partial charge in [0.1, 0.15) is 5.82 Å². The first-order valence-corrected chi connectivity index (χ1v) is 8.84. The van der Waals surface area contributed by atoms with Crippen LogP contribution in [0.25, 0.3) is 5.82 Å². The van der Waals surface area contributed by atoms with Crippen LogP contribution >= 0.6 is 0 Å². The van der Waals surface area contributed by atoms with Crippen LogP contribution < -0.4 is 5.32 Å². The first kappa shape index (κ1) is 17.4. The van der Waals surface area contributed by atoms with E-state index in [1.807, 2.05) is 18.6 Å². The van der Waals surface area contributed by atoms with Crippen molar-refractivity contribution < 1.29 is 0 Å². The number of nitrogens with one attached hydrogen (secondary N) is 1. The smallest absolute Gasteiger partial charge is 0.135 e. The third-order valence-corrected chi connectivity index (χ3v) is 4.71. The van der Waals surface area contributed by atoms with Gasteiger partial charge in [-0.3, -0.25) is 4.98 Å². The molecule has 0 unspecified atom stereocenters. The highest BCUT2D eigenvalue weighted by Gasteiger charge is 2.16. The van der Waals surface area contributed by atoms with Gasteiger partial charge in [-0.15, -0.1) is 0 Å². The summed E-state index contributed by atoms with van der Waals surface area (Å²) in [5.74, 6) is 1.12. The molecule has 25 heavy (non-hydrogen) atoms. The van der Waals surface area contributed by atoms with Crippen molar-refractivity contribution in [3.8, 4) is 5.82 Å². The molecule has 3 aromatic rings. The van der Waals surface area contributed by atoms with Gasteiger partial charge in [0.25, 0.3) is 0 Å². The normalized spacial score (nSPS) is 12.7. The van der Waals surface area contributed by atoms with Gasteiger partial charge < -0.3 is 9.88 Å². The quantitative estimate of drug-likeness (QED) is 0.736. The molecule has 1 atom stereocenters. The molecule has 5 nitrogen and oxygen atoms in total. The summed E-state index contributed by atoms with van der Waals surface area (Å²) in [6.45, 7) is 11.7. The summed E-state index contributed by atoms with van der Waals surface area (Å²) in [7, 11) is 0. The SMILES string of the molecule is Cc1cc(CN[C@H](C)c2ccncc2)c(C)n1-c1ccnn1C(C)C. The van der Waals surface area contributed by atoms with Gasteiger partial charge in [-0.25, -0.2) is 4.68 Å². The molecule has 0 spiro atoms. The van der Waals surface area contributed by atoms with Crippen LogP contribution in [0.15, 0.2) is 42.9 Å². The largest absolute Gasteiger partial charge is 0.306 e. The van der Waals surface area contributed by atoms with Crippen LogP contribution in [0.3, 0.4) is 0 Å². The Morgan fingerprint density at radius 3 is 2.44 bits per heavy atom. The van der Waals surface area contributed by atoms with Crippen LogP contribution in [0.5, 0.6) is 0 Å². The predicted molar refractivity (Wildman–Crippen MR) is 101 cm³/mol. The van der Waals surface area contributed by atoms with Crippen LogP contribution in [0.4, 0.5) is 0 Å². The molecule has 3 aromatic heterocycles. The van der Waals surface area contributed by atoms with E-state index >= 15 is 0 Å². The van der Waals surface area contributed by atoms with Crippen molar-refractivity contribution in [2.24, 2.45) is 0 Å². The van der Waals surface area contributed by atoms with E-state index in [0.29, 0.717) is 6.04 Å². The second kappa shape index (κ2) is 7.23. The maximum atomic E-state index is 4.47. The number of hydrogen-bond donors (Lipinski definition) is 1. The van der Waals surface area contributed by atoms with Crippen molar-refractivity contribution in [1.29, 1.82) is 0 Å². The predicted octanol–water partition coefficient (Wildman–Crippen LogP) is 4.12. The summed E-state index contributed by atoms with van der Waals surface area (Å²) >= 11 is 0. The second-order valence-corrected chi connectivity index (χ2v) is 6.84. The summed E-state index contributed by atoms with van der Waals surface area (Å²) < 4.78 is 4.36. The summed E-state index contributed by atoms with van der Waals surface area (Å²) in [6, 6.07) is 9.08. The van der Waals surface area contributed by atoms with Gasteiger partial charge in [0, 0.05) is 48.5 Å². The Balaban J connectivity index is 1.82. The molecule has 0 aliphatic heterocycles. The number of hydrogen-bond acceptors (Lipinski definition) is 3. The molecule has 0 amide bonds. The van der Waals surface area contributed by atoms with Gasteiger partial charge in [-0.1, -0.05) is 0 Å². The van der Waals surface area contributed by atoms with Crippen LogP contribution in [-0.2, 0) is 6.54 Å². The number of aromatic nitrogens is 4. The van der Waals surface area contributed by atoms with Gasteiger partial charge >= 0.3 is 0 Å². The lowest BCUT2D eigenvalue weighted by molar-refractivity contribution is 0.519. The lowest BCUT2D eigenvalue weighted by atomic mass is 10.1. The monoisotopic (exact) mass is 337 g/mol. The van der Waals surface area contributed by atoms with Gasteiger partial charge in [-0.2, -0.15) is 5.10 Å². The molecular weight excluding hydrogens is 310 g/mol. The fourth-order valence-electron chi connectivity index (χ4n) is 3.28. The van der Waals surface area contributed by atoms with Crippen molar-refractivity contribution in [3.05, 3.63) is 65.4 Å². The zero-order chi connectivity index (χ0) is 18.0. The number of aryl methyl sites for hydroxylation is 1. The van der Waals surface area contributed by atoms with Gasteiger partial charge in [-0.05, 0) is 63.9 Å². The number of rotatable bonds is 6. The van der Waals surface area contributed by atoms with E-state index in [2.05, 4.69) is 83.5 Å². The molecule has 3 heterocycles. The van der Waals surface area contributed by atoms with E-state index in [1.54, 1.807) is 0 Å². The average molecular weight is 337 g/mol. The Morgan fingerprint density at radius 1 is 1.04 bits per heavy atom. The van der Waals surface area contributed by atoms with Crippen molar-refractivity contribution in [2.75, 3.05) is 0 Å². The topological polar surface area (TPSA) is 47.7 Å². The fourth-order valence-corrected chi connectivity index (χ4v) is 3.28. The highest BCUT2D eigenvalue weighted by molar-refractivity contribution is 5.37. The minimum Gasteiger partial charge on any atom is -0.306 e. The highest BCUT2D eigenvalue weighted by Crippen LogP contribution is 2.23. The first-order valence-electron chi connectivity index (χ1n) is 8.84. The maximum absolute atomic E-state index is 4.47. The molecule has 0 aromatic carbocycles. The zero-order valence-corrected chi connectivity index (χ0v) is 15.7. The lowest BCUT2D eigenvalue weighted by Crippen LogP contribution is -2.18. The Labute approximate surface area is 149 Å². The molecule has 0 fully saturated rings. The maximum Gasteiger partial charge on any atom is 0.135 e. The minimum atomic E-state index is 0.284. The van der Waals surface area contributed by atoms with E-state index in [9.17, 15) is 0 Å². The minimum absolute atomic E-state index is 0.284. The van der Waals surface area contributed by atoms with Crippen molar-refractivity contribution in [1.82, 2.24) is 24.6 Å². The molecule has 132 valence electrons. The molecule has 3 rings (SSSR count). The lowest BCUT2D eigenvalue weighted by Gasteiger charge is -2.16. The Morgan fingerprint density at radius 2 is 1.76 bits per heavy atom. The number of pyridine rings is 1. The molecule has 0 saturated carbocycles. The molecule has 1 N–H and O–H groups in total. The number of nitrogens with zero attached hydrogens (tertiary/aromatic N) is 4. The van der Waals surface area contributed by atoms with Crippen LogP contribution in [0, 0.1) is 13.8 Å². The van der Waals surface area contributed by atoms with Crippen molar-refractivity contribution in [2.45, 2.75) is 53.2 Å². The van der Waals surface area contributed by atoms with Gasteiger partial charge in [0.2, 0.25) is 0 Å². The van der Waals surface area contributed by atoms with Gasteiger partial charge in [0.15, 0.2) is 0 Å². The molecule has 0 saturated heterocycles. The summed E-state index contributed by atoms with van der Waals surface area (Å²) in [4.78, 5) is 4.09. The second-order valence-electron chi connectivity index (χ2n) is 6.84. The first-order chi connectivity index (χ1) is 12.0. The van der Waals surface area contributed by atoms with Crippen LogP contribution in [0.2, 0.25) is 0 Å². The van der Waals surface area contributed by atoms with Crippen molar-refractivity contribution >= 4 is 0 Å². The van der Waals surface area contributed by atoms with Gasteiger partial charge in [0.05, 0.1) is 6.20 Å². The van der Waals surface area contributed by atoms with E-state index in [0.717, 1.165) is 12.4 Å². The standard InChI is InChI=1S/C20H27N5/c1-14(2)25-20(8-11-23-25)24-15(3)12-19(17(24)5)13-22-16(4)18-6-9-21-10-7-18/h6-12,14,16,22H,13H2,1-5H3/t16-/m1/s1. The molecule has 0 bridgehead atoms. The summed E-state index contributed by atoms with van der Waals surface area (Å²) in [5.41, 5.74) is 5.05. The van der Waals surface area contributed by atoms with E-state index in [1.165, 1.54) is 22.5 Å². The molecule has 0 radical (unpaired) electrons. The Hall–Kier alpha value is -2.40. The Kier molecular flexibility index (Phi) is 5.04. The molecule has 0 aliphatic carbocycles. The summed E-state index contributed by atoms with van der Waals surface area (Å²) in [6.07, 6.45) is 5.55. The summed E-state index contributed by atoms with van der Waals surface area (Å²) in [5, 5.41) is 8.09. The third kappa shape index (κ3) is 3.51. The van der Waals surface area contributed by atoms with E-state index < -0.39 is 0 Å².